The summed E-state index contributed by atoms with van der Waals surface area (Å²) in [6.07, 6.45) is 0.743. The number of urea groups is 1. The van der Waals surface area contributed by atoms with Crippen LogP contribution in [-0.4, -0.2) is 36.5 Å². The third-order valence-corrected chi connectivity index (χ3v) is 5.37. The number of esters is 1. The summed E-state index contributed by atoms with van der Waals surface area (Å²) in [5, 5.41) is 6.03. The number of nitrogens with zero attached hydrogens (tertiary/aromatic N) is 1. The van der Waals surface area contributed by atoms with E-state index in [9.17, 15) is 14.4 Å². The third kappa shape index (κ3) is 4.72. The summed E-state index contributed by atoms with van der Waals surface area (Å²) in [5.41, 5.74) is 2.40. The van der Waals surface area contributed by atoms with Gasteiger partial charge in [0.15, 0.2) is 0 Å². The number of rotatable bonds is 6. The number of amides is 3. The minimum atomic E-state index is -0.703. The molecule has 3 amide bonds. The maximum atomic E-state index is 12.7. The average molecular weight is 442 g/mol. The Bertz CT molecular complexity index is 1050. The summed E-state index contributed by atoms with van der Waals surface area (Å²) in [4.78, 5) is 39.4. The Morgan fingerprint density at radius 2 is 1.94 bits per heavy atom. The SMILES string of the molecule is CCCN1C(=O)NC(c2cccc(NC(=O)c3ccccc3Cl)c2)C(C(=O)OC)=C1C. The maximum absolute atomic E-state index is 12.7. The molecule has 2 aromatic rings. The van der Waals surface area contributed by atoms with E-state index in [2.05, 4.69) is 10.6 Å². The molecule has 31 heavy (non-hydrogen) atoms. The van der Waals surface area contributed by atoms with Gasteiger partial charge in [0.2, 0.25) is 0 Å². The highest BCUT2D eigenvalue weighted by atomic mass is 35.5. The van der Waals surface area contributed by atoms with Crippen LogP contribution in [0.1, 0.15) is 42.2 Å². The van der Waals surface area contributed by atoms with Crippen molar-refractivity contribution in [2.75, 3.05) is 19.0 Å². The summed E-state index contributed by atoms with van der Waals surface area (Å²) in [7, 11) is 1.31. The fraction of sp³-hybridized carbons (Fsp3) is 0.261. The molecule has 0 saturated heterocycles. The van der Waals surface area contributed by atoms with Crippen molar-refractivity contribution in [1.29, 1.82) is 0 Å². The van der Waals surface area contributed by atoms with Gasteiger partial charge in [0.25, 0.3) is 5.91 Å². The zero-order valence-electron chi connectivity index (χ0n) is 17.6. The van der Waals surface area contributed by atoms with Crippen LogP contribution < -0.4 is 10.6 Å². The van der Waals surface area contributed by atoms with Crippen molar-refractivity contribution < 1.29 is 19.1 Å². The number of hydrogen-bond donors (Lipinski definition) is 2. The molecule has 0 spiro atoms. The zero-order chi connectivity index (χ0) is 22.5. The van der Waals surface area contributed by atoms with Gasteiger partial charge in [-0.15, -0.1) is 0 Å². The Morgan fingerprint density at radius 3 is 2.61 bits per heavy atom. The second kappa shape index (κ2) is 9.66. The zero-order valence-corrected chi connectivity index (χ0v) is 18.3. The number of ether oxygens (including phenoxy) is 1. The molecule has 1 heterocycles. The lowest BCUT2D eigenvalue weighted by Crippen LogP contribution is -2.48. The molecule has 0 radical (unpaired) electrons. The predicted molar refractivity (Wildman–Crippen MR) is 119 cm³/mol. The van der Waals surface area contributed by atoms with Gasteiger partial charge in [0.05, 0.1) is 29.3 Å². The quantitative estimate of drug-likeness (QED) is 0.645. The molecule has 7 nitrogen and oxygen atoms in total. The molecule has 0 bridgehead atoms. The number of hydrogen-bond acceptors (Lipinski definition) is 4. The molecule has 8 heteroatoms. The van der Waals surface area contributed by atoms with Crippen molar-refractivity contribution >= 4 is 35.2 Å². The van der Waals surface area contributed by atoms with Gasteiger partial charge in [-0.05, 0) is 43.2 Å². The molecule has 1 atom stereocenters. The first-order chi connectivity index (χ1) is 14.9. The lowest BCUT2D eigenvalue weighted by molar-refractivity contribution is -0.136. The molecule has 1 aliphatic heterocycles. The summed E-state index contributed by atoms with van der Waals surface area (Å²) in [5.74, 6) is -0.876. The number of carbonyl (C=O) groups excluding carboxylic acids is 3. The van der Waals surface area contributed by atoms with Crippen molar-refractivity contribution in [1.82, 2.24) is 10.2 Å². The van der Waals surface area contributed by atoms with E-state index in [1.807, 2.05) is 6.92 Å². The van der Waals surface area contributed by atoms with Crippen LogP contribution in [-0.2, 0) is 9.53 Å². The van der Waals surface area contributed by atoms with Crippen molar-refractivity contribution in [2.45, 2.75) is 26.3 Å². The predicted octanol–water partition coefficient (Wildman–Crippen LogP) is 4.52. The highest BCUT2D eigenvalue weighted by Gasteiger charge is 2.36. The number of benzene rings is 2. The molecular weight excluding hydrogens is 418 g/mol. The highest BCUT2D eigenvalue weighted by Crippen LogP contribution is 2.32. The average Bonchev–Trinajstić information content (AvgIpc) is 2.76. The number of allylic oxidation sites excluding steroid dienone is 1. The molecule has 3 rings (SSSR count). The Labute approximate surface area is 186 Å². The monoisotopic (exact) mass is 441 g/mol. The lowest BCUT2D eigenvalue weighted by atomic mass is 9.94. The third-order valence-electron chi connectivity index (χ3n) is 5.05. The lowest BCUT2D eigenvalue weighted by Gasteiger charge is -2.35. The fourth-order valence-corrected chi connectivity index (χ4v) is 3.76. The molecule has 1 unspecified atom stereocenters. The summed E-state index contributed by atoms with van der Waals surface area (Å²) >= 11 is 6.11. The number of carbonyl (C=O) groups is 3. The normalized spacial score (nSPS) is 16.1. The molecule has 0 aliphatic carbocycles. The van der Waals surface area contributed by atoms with Gasteiger partial charge in [-0.25, -0.2) is 9.59 Å². The van der Waals surface area contributed by atoms with Crippen molar-refractivity contribution in [3.8, 4) is 0 Å². The van der Waals surface area contributed by atoms with Gasteiger partial charge in [-0.3, -0.25) is 9.69 Å². The smallest absolute Gasteiger partial charge is 0.337 e. The van der Waals surface area contributed by atoms with E-state index in [4.69, 9.17) is 16.3 Å². The van der Waals surface area contributed by atoms with Gasteiger partial charge in [-0.1, -0.05) is 42.8 Å². The van der Waals surface area contributed by atoms with Crippen molar-refractivity contribution in [3.05, 3.63) is 76.0 Å². The minimum absolute atomic E-state index is 0.289. The van der Waals surface area contributed by atoms with E-state index >= 15 is 0 Å². The van der Waals surface area contributed by atoms with Gasteiger partial charge in [0, 0.05) is 17.9 Å². The van der Waals surface area contributed by atoms with E-state index in [-0.39, 0.29) is 11.9 Å². The van der Waals surface area contributed by atoms with Crippen LogP contribution in [0.4, 0.5) is 10.5 Å². The Balaban J connectivity index is 1.95. The molecule has 0 saturated carbocycles. The number of halogens is 1. The summed E-state index contributed by atoms with van der Waals surface area (Å²) < 4.78 is 4.98. The highest BCUT2D eigenvalue weighted by molar-refractivity contribution is 6.34. The van der Waals surface area contributed by atoms with E-state index in [0.717, 1.165) is 6.42 Å². The number of nitrogens with one attached hydrogen (secondary N) is 2. The summed E-state index contributed by atoms with van der Waals surface area (Å²) in [6.45, 7) is 4.17. The van der Waals surface area contributed by atoms with Crippen molar-refractivity contribution in [3.63, 3.8) is 0 Å². The van der Waals surface area contributed by atoms with Gasteiger partial charge >= 0.3 is 12.0 Å². The summed E-state index contributed by atoms with van der Waals surface area (Å²) in [6, 6.07) is 12.7. The van der Waals surface area contributed by atoms with E-state index in [0.29, 0.717) is 39.7 Å². The van der Waals surface area contributed by atoms with Crippen LogP contribution >= 0.6 is 11.6 Å². The van der Waals surface area contributed by atoms with Gasteiger partial charge in [0.1, 0.15) is 0 Å². The molecule has 2 N–H and O–H groups in total. The Hall–Kier alpha value is -3.32. The standard InChI is InChI=1S/C23H24ClN3O4/c1-4-12-27-14(2)19(22(29)31-3)20(26-23(27)30)15-8-7-9-16(13-15)25-21(28)17-10-5-6-11-18(17)24/h5-11,13,20H,4,12H2,1-3H3,(H,25,28)(H,26,30). The Morgan fingerprint density at radius 1 is 1.19 bits per heavy atom. The molecular formula is C23H24ClN3O4. The maximum Gasteiger partial charge on any atom is 0.337 e. The first-order valence-electron chi connectivity index (χ1n) is 9.90. The van der Waals surface area contributed by atoms with Crippen molar-refractivity contribution in [2.24, 2.45) is 0 Å². The molecule has 162 valence electrons. The molecule has 1 aliphatic rings. The van der Waals surface area contributed by atoms with Crippen LogP contribution in [0.2, 0.25) is 5.02 Å². The second-order valence-corrected chi connectivity index (χ2v) is 7.49. The van der Waals surface area contributed by atoms with Gasteiger partial charge in [-0.2, -0.15) is 0 Å². The van der Waals surface area contributed by atoms with Gasteiger partial charge < -0.3 is 15.4 Å². The second-order valence-electron chi connectivity index (χ2n) is 7.08. The number of anilines is 1. The molecule has 0 aromatic heterocycles. The van der Waals surface area contributed by atoms with E-state index < -0.39 is 12.0 Å². The number of methoxy groups -OCH3 is 1. The van der Waals surface area contributed by atoms with Crippen LogP contribution in [0.3, 0.4) is 0 Å². The van der Waals surface area contributed by atoms with Crippen LogP contribution in [0.5, 0.6) is 0 Å². The molecule has 0 fully saturated rings. The largest absolute Gasteiger partial charge is 0.466 e. The van der Waals surface area contributed by atoms with E-state index in [1.54, 1.807) is 55.5 Å². The molecule has 2 aromatic carbocycles. The fourth-order valence-electron chi connectivity index (χ4n) is 3.54. The Kier molecular flexibility index (Phi) is 6.97. The van der Waals surface area contributed by atoms with Crippen LogP contribution in [0, 0.1) is 0 Å². The van der Waals surface area contributed by atoms with Crippen LogP contribution in [0.25, 0.3) is 0 Å². The minimum Gasteiger partial charge on any atom is -0.466 e. The first-order valence-corrected chi connectivity index (χ1v) is 10.3. The van der Waals surface area contributed by atoms with Crippen LogP contribution in [0.15, 0.2) is 59.8 Å². The van der Waals surface area contributed by atoms with E-state index in [1.165, 1.54) is 12.0 Å². The topological polar surface area (TPSA) is 87.7 Å². The first kappa shape index (κ1) is 22.4.